The van der Waals surface area contributed by atoms with E-state index in [-0.39, 0.29) is 18.9 Å². The molecule has 2 rings (SSSR count). The minimum Gasteiger partial charge on any atom is -0.493 e. The molecule has 0 bridgehead atoms. The van der Waals surface area contributed by atoms with Crippen LogP contribution in [0.1, 0.15) is 32.8 Å². The van der Waals surface area contributed by atoms with Gasteiger partial charge < -0.3 is 29.4 Å². The number of hydrogen-bond donors (Lipinski definition) is 2. The van der Waals surface area contributed by atoms with Gasteiger partial charge in [0, 0.05) is 18.4 Å². The first-order valence-electron chi connectivity index (χ1n) is 9.11. The average Bonchev–Trinajstić information content (AvgIpc) is 2.65. The molecule has 156 valence electrons. The third-order valence-electron chi connectivity index (χ3n) is 5.57. The predicted octanol–water partition coefficient (Wildman–Crippen LogP) is 2.03. The van der Waals surface area contributed by atoms with Gasteiger partial charge in [-0.15, -0.1) is 0 Å². The fourth-order valence-electron chi connectivity index (χ4n) is 3.74. The molecular formula is C20H29NO7. The normalized spacial score (nSPS) is 22.7. The molecule has 1 aromatic rings. The van der Waals surface area contributed by atoms with Crippen molar-refractivity contribution in [1.29, 1.82) is 0 Å². The quantitative estimate of drug-likeness (QED) is 0.659. The number of amides is 1. The molecule has 1 fully saturated rings. The molecule has 1 amide bonds. The molecule has 2 atom stereocenters. The monoisotopic (exact) mass is 395 g/mol. The van der Waals surface area contributed by atoms with Crippen LogP contribution in [0.2, 0.25) is 0 Å². The van der Waals surface area contributed by atoms with Gasteiger partial charge in [-0.05, 0) is 24.6 Å². The fourth-order valence-corrected chi connectivity index (χ4v) is 3.74. The van der Waals surface area contributed by atoms with E-state index in [0.29, 0.717) is 29.4 Å². The molecule has 0 aliphatic heterocycles. The molecule has 0 spiro atoms. The molecule has 2 unspecified atom stereocenters. The zero-order valence-electron chi connectivity index (χ0n) is 17.3. The van der Waals surface area contributed by atoms with Crippen molar-refractivity contribution in [2.45, 2.75) is 45.3 Å². The Balaban J connectivity index is 2.22. The standard InChI is InChI=1S/C20H29NO7/c1-7-28-15-11-20(18(23)24,19(15,2)3)21-16(22)10-12-8-13(25-4)17(27-6)14(9-12)26-5/h8-9,15H,7,10-11H2,1-6H3,(H,21,22)(H,23,24). The van der Waals surface area contributed by atoms with Crippen molar-refractivity contribution in [2.75, 3.05) is 27.9 Å². The highest BCUT2D eigenvalue weighted by atomic mass is 16.5. The lowest BCUT2D eigenvalue weighted by Gasteiger charge is -2.58. The molecule has 8 nitrogen and oxygen atoms in total. The van der Waals surface area contributed by atoms with Gasteiger partial charge in [0.1, 0.15) is 5.54 Å². The molecule has 0 saturated heterocycles. The van der Waals surface area contributed by atoms with Gasteiger partial charge in [0.25, 0.3) is 0 Å². The Morgan fingerprint density at radius 3 is 2.11 bits per heavy atom. The Labute approximate surface area is 165 Å². The zero-order chi connectivity index (χ0) is 21.1. The molecule has 1 aromatic carbocycles. The Morgan fingerprint density at radius 1 is 1.14 bits per heavy atom. The Morgan fingerprint density at radius 2 is 1.71 bits per heavy atom. The van der Waals surface area contributed by atoms with Crippen molar-refractivity contribution in [3.8, 4) is 17.2 Å². The summed E-state index contributed by atoms with van der Waals surface area (Å²) < 4.78 is 21.5. The van der Waals surface area contributed by atoms with Crippen molar-refractivity contribution in [3.05, 3.63) is 17.7 Å². The number of ether oxygens (including phenoxy) is 4. The lowest BCUT2D eigenvalue weighted by molar-refractivity contribution is -0.194. The van der Waals surface area contributed by atoms with Crippen molar-refractivity contribution in [3.63, 3.8) is 0 Å². The minimum atomic E-state index is -1.37. The summed E-state index contributed by atoms with van der Waals surface area (Å²) in [6.45, 7) is 5.94. The summed E-state index contributed by atoms with van der Waals surface area (Å²) in [6.07, 6.45) is -0.0271. The van der Waals surface area contributed by atoms with Crippen LogP contribution in [0.4, 0.5) is 0 Å². The van der Waals surface area contributed by atoms with E-state index in [1.807, 2.05) is 6.92 Å². The number of aliphatic carboxylic acids is 1. The van der Waals surface area contributed by atoms with E-state index < -0.39 is 22.8 Å². The molecule has 1 aliphatic rings. The van der Waals surface area contributed by atoms with Gasteiger partial charge in [0.2, 0.25) is 11.7 Å². The second-order valence-electron chi connectivity index (χ2n) is 7.34. The second kappa shape index (κ2) is 8.26. The Hall–Kier alpha value is -2.48. The van der Waals surface area contributed by atoms with Crippen LogP contribution in [0.5, 0.6) is 17.2 Å². The summed E-state index contributed by atoms with van der Waals surface area (Å²) in [4.78, 5) is 24.7. The highest BCUT2D eigenvalue weighted by Gasteiger charge is 2.66. The third-order valence-corrected chi connectivity index (χ3v) is 5.57. The van der Waals surface area contributed by atoms with Crippen molar-refractivity contribution in [1.82, 2.24) is 5.32 Å². The third kappa shape index (κ3) is 3.61. The van der Waals surface area contributed by atoms with Gasteiger partial charge in [0.15, 0.2) is 11.5 Å². The van der Waals surface area contributed by atoms with Crippen LogP contribution in [0.25, 0.3) is 0 Å². The van der Waals surface area contributed by atoms with Gasteiger partial charge in [-0.2, -0.15) is 0 Å². The summed E-state index contributed by atoms with van der Waals surface area (Å²) in [6, 6.07) is 3.34. The average molecular weight is 395 g/mol. The van der Waals surface area contributed by atoms with Crippen LogP contribution in [-0.2, 0) is 20.7 Å². The van der Waals surface area contributed by atoms with E-state index >= 15 is 0 Å². The first kappa shape index (κ1) is 21.8. The molecule has 28 heavy (non-hydrogen) atoms. The van der Waals surface area contributed by atoms with E-state index in [0.717, 1.165) is 0 Å². The summed E-state index contributed by atoms with van der Waals surface area (Å²) >= 11 is 0. The molecule has 0 heterocycles. The molecule has 1 aliphatic carbocycles. The molecule has 0 aromatic heterocycles. The second-order valence-corrected chi connectivity index (χ2v) is 7.34. The number of carboxylic acids is 1. The first-order valence-corrected chi connectivity index (χ1v) is 9.11. The number of carbonyl (C=O) groups excluding carboxylic acids is 1. The summed E-state index contributed by atoms with van der Waals surface area (Å²) in [7, 11) is 4.48. The van der Waals surface area contributed by atoms with E-state index in [1.165, 1.54) is 21.3 Å². The molecule has 0 radical (unpaired) electrons. The van der Waals surface area contributed by atoms with Crippen molar-refractivity contribution >= 4 is 11.9 Å². The maximum Gasteiger partial charge on any atom is 0.330 e. The maximum absolute atomic E-state index is 12.7. The van der Waals surface area contributed by atoms with Crippen LogP contribution >= 0.6 is 0 Å². The molecule has 1 saturated carbocycles. The van der Waals surface area contributed by atoms with Crippen molar-refractivity contribution < 1.29 is 33.6 Å². The Kier molecular flexibility index (Phi) is 6.44. The fraction of sp³-hybridized carbons (Fsp3) is 0.600. The largest absolute Gasteiger partial charge is 0.493 e. The van der Waals surface area contributed by atoms with Crippen LogP contribution in [-0.4, -0.2) is 56.6 Å². The summed E-state index contributed by atoms with van der Waals surface area (Å²) in [5.41, 5.74) is -1.49. The number of hydrogen-bond acceptors (Lipinski definition) is 6. The van der Waals surface area contributed by atoms with Gasteiger partial charge in [-0.3, -0.25) is 4.79 Å². The zero-order valence-corrected chi connectivity index (χ0v) is 17.3. The van der Waals surface area contributed by atoms with E-state index in [2.05, 4.69) is 5.32 Å². The number of rotatable bonds is 9. The van der Waals surface area contributed by atoms with Crippen LogP contribution < -0.4 is 19.5 Å². The topological polar surface area (TPSA) is 103 Å². The van der Waals surface area contributed by atoms with Gasteiger partial charge in [-0.1, -0.05) is 13.8 Å². The first-order chi connectivity index (χ1) is 13.2. The number of methoxy groups -OCH3 is 3. The number of carboxylic acid groups (broad SMARTS) is 1. The van der Waals surface area contributed by atoms with E-state index in [1.54, 1.807) is 26.0 Å². The highest BCUT2D eigenvalue weighted by Crippen LogP contribution is 2.51. The van der Waals surface area contributed by atoms with Crippen LogP contribution in [0, 0.1) is 5.41 Å². The smallest absolute Gasteiger partial charge is 0.330 e. The molecule has 8 heteroatoms. The van der Waals surface area contributed by atoms with E-state index in [4.69, 9.17) is 18.9 Å². The van der Waals surface area contributed by atoms with Gasteiger partial charge in [0.05, 0.1) is 33.9 Å². The van der Waals surface area contributed by atoms with Crippen LogP contribution in [0.3, 0.4) is 0 Å². The molecule has 2 N–H and O–H groups in total. The lowest BCUT2D eigenvalue weighted by Crippen LogP contribution is -2.76. The number of benzene rings is 1. The van der Waals surface area contributed by atoms with Crippen LogP contribution in [0.15, 0.2) is 12.1 Å². The number of nitrogens with one attached hydrogen (secondary N) is 1. The SMILES string of the molecule is CCOC1CC(NC(=O)Cc2cc(OC)c(OC)c(OC)c2)(C(=O)O)C1(C)C. The Bertz CT molecular complexity index is 721. The molecular weight excluding hydrogens is 366 g/mol. The predicted molar refractivity (Wildman–Crippen MR) is 102 cm³/mol. The van der Waals surface area contributed by atoms with Gasteiger partial charge >= 0.3 is 5.97 Å². The summed E-state index contributed by atoms with van der Waals surface area (Å²) in [5, 5.41) is 12.6. The maximum atomic E-state index is 12.7. The minimum absolute atomic E-state index is 0.0267. The van der Waals surface area contributed by atoms with Crippen molar-refractivity contribution in [2.24, 2.45) is 5.41 Å². The van der Waals surface area contributed by atoms with E-state index in [9.17, 15) is 14.7 Å². The number of carbonyl (C=O) groups is 2. The summed E-state index contributed by atoms with van der Waals surface area (Å²) in [5.74, 6) is -0.182. The van der Waals surface area contributed by atoms with Gasteiger partial charge in [-0.25, -0.2) is 4.79 Å². The highest BCUT2D eigenvalue weighted by molar-refractivity contribution is 5.90. The lowest BCUT2D eigenvalue weighted by atomic mass is 9.54.